The van der Waals surface area contributed by atoms with Gasteiger partial charge in [0.25, 0.3) is 0 Å². The first-order valence-corrected chi connectivity index (χ1v) is 5.21. The van der Waals surface area contributed by atoms with Crippen LogP contribution < -0.4 is 4.74 Å². The molecule has 1 nitrogen and oxygen atoms in total. The first-order chi connectivity index (χ1) is 6.65. The zero-order valence-corrected chi connectivity index (χ0v) is 9.40. The summed E-state index contributed by atoms with van der Waals surface area (Å²) in [6, 6.07) is 2.12. The average molecular weight is 265 g/mol. The number of hydrogen-bond acceptors (Lipinski definition) is 1. The lowest BCUT2D eigenvalue weighted by Gasteiger charge is -2.07. The van der Waals surface area contributed by atoms with Crippen molar-refractivity contribution >= 4 is 15.9 Å². The summed E-state index contributed by atoms with van der Waals surface area (Å²) in [7, 11) is 0. The maximum Gasteiger partial charge on any atom is 0.168 e. The van der Waals surface area contributed by atoms with E-state index in [2.05, 4.69) is 15.9 Å². The van der Waals surface area contributed by atoms with E-state index in [1.807, 2.05) is 6.92 Å². The van der Waals surface area contributed by atoms with Crippen molar-refractivity contribution < 1.29 is 13.5 Å². The summed E-state index contributed by atoms with van der Waals surface area (Å²) in [4.78, 5) is 0. The zero-order valence-electron chi connectivity index (χ0n) is 7.82. The molecule has 0 radical (unpaired) electrons. The van der Waals surface area contributed by atoms with Gasteiger partial charge in [-0.25, -0.2) is 8.78 Å². The fourth-order valence-corrected chi connectivity index (χ4v) is 1.26. The van der Waals surface area contributed by atoms with Crippen molar-refractivity contribution in [2.75, 3.05) is 6.61 Å². The van der Waals surface area contributed by atoms with Gasteiger partial charge in [0, 0.05) is 12.1 Å². The molecule has 0 fully saturated rings. The molecule has 0 bridgehead atoms. The van der Waals surface area contributed by atoms with E-state index in [1.54, 1.807) is 0 Å². The lowest BCUT2D eigenvalue weighted by atomic mass is 10.3. The fraction of sp³-hybridized carbons (Fsp3) is 0.400. The monoisotopic (exact) mass is 264 g/mol. The Hall–Kier alpha value is -0.640. The van der Waals surface area contributed by atoms with Crippen LogP contribution in [0.2, 0.25) is 0 Å². The largest absolute Gasteiger partial charge is 0.490 e. The maximum absolute atomic E-state index is 13.1. The highest BCUT2D eigenvalue weighted by Crippen LogP contribution is 2.25. The van der Waals surface area contributed by atoms with E-state index in [0.29, 0.717) is 6.61 Å². The smallest absolute Gasteiger partial charge is 0.168 e. The molecule has 0 aliphatic heterocycles. The van der Waals surface area contributed by atoms with Crippen LogP contribution in [0, 0.1) is 11.6 Å². The van der Waals surface area contributed by atoms with Gasteiger partial charge >= 0.3 is 0 Å². The highest BCUT2D eigenvalue weighted by atomic mass is 79.9. The summed E-state index contributed by atoms with van der Waals surface area (Å²) in [6.07, 6.45) is 1.83. The molecule has 1 rings (SSSR count). The number of unbranched alkanes of at least 4 members (excludes halogenated alkanes) is 1. The van der Waals surface area contributed by atoms with E-state index >= 15 is 0 Å². The van der Waals surface area contributed by atoms with Crippen molar-refractivity contribution in [3.05, 3.63) is 28.2 Å². The summed E-state index contributed by atoms with van der Waals surface area (Å²) >= 11 is 2.97. The Morgan fingerprint density at radius 2 is 2.00 bits per heavy atom. The summed E-state index contributed by atoms with van der Waals surface area (Å²) in [5.41, 5.74) is 0. The lowest BCUT2D eigenvalue weighted by molar-refractivity contribution is 0.293. The van der Waals surface area contributed by atoms with Crippen molar-refractivity contribution in [1.29, 1.82) is 0 Å². The second-order valence-electron chi connectivity index (χ2n) is 2.90. The molecule has 0 saturated heterocycles. The first-order valence-electron chi connectivity index (χ1n) is 4.42. The summed E-state index contributed by atoms with van der Waals surface area (Å²) in [6.45, 7) is 2.46. The standard InChI is InChI=1S/C10H11BrF2O/c1-2-3-4-14-10-5-7(11)8(12)6-9(10)13/h5-6H,2-4H2,1H3. The van der Waals surface area contributed by atoms with Gasteiger partial charge < -0.3 is 4.74 Å². The van der Waals surface area contributed by atoms with Crippen LogP contribution in [-0.4, -0.2) is 6.61 Å². The van der Waals surface area contributed by atoms with Gasteiger partial charge in [0.05, 0.1) is 11.1 Å². The van der Waals surface area contributed by atoms with Gasteiger partial charge in [0.2, 0.25) is 0 Å². The summed E-state index contributed by atoms with van der Waals surface area (Å²) < 4.78 is 31.2. The normalized spacial score (nSPS) is 10.3. The molecule has 0 N–H and O–H groups in total. The van der Waals surface area contributed by atoms with Gasteiger partial charge in [-0.2, -0.15) is 0 Å². The molecule has 1 aromatic carbocycles. The minimum atomic E-state index is -0.665. The Kier molecular flexibility index (Phi) is 4.32. The molecular weight excluding hydrogens is 254 g/mol. The Bertz CT molecular complexity index is 315. The molecule has 0 heterocycles. The molecule has 0 aromatic heterocycles. The van der Waals surface area contributed by atoms with Gasteiger partial charge in [-0.1, -0.05) is 13.3 Å². The van der Waals surface area contributed by atoms with Gasteiger partial charge in [0.15, 0.2) is 11.6 Å². The Morgan fingerprint density at radius 3 is 2.64 bits per heavy atom. The van der Waals surface area contributed by atoms with Crippen molar-refractivity contribution in [3.63, 3.8) is 0 Å². The predicted molar refractivity (Wildman–Crippen MR) is 54.5 cm³/mol. The molecule has 14 heavy (non-hydrogen) atoms. The zero-order chi connectivity index (χ0) is 10.6. The molecule has 4 heteroatoms. The van der Waals surface area contributed by atoms with E-state index in [-0.39, 0.29) is 10.2 Å². The van der Waals surface area contributed by atoms with Crippen LogP contribution in [0.5, 0.6) is 5.75 Å². The average Bonchev–Trinajstić information content (AvgIpc) is 2.14. The van der Waals surface area contributed by atoms with E-state index in [4.69, 9.17) is 4.74 Å². The van der Waals surface area contributed by atoms with E-state index in [1.165, 1.54) is 6.07 Å². The van der Waals surface area contributed by atoms with Crippen LogP contribution in [0.4, 0.5) is 8.78 Å². The Balaban J connectivity index is 2.72. The molecular formula is C10H11BrF2O. The van der Waals surface area contributed by atoms with E-state index in [9.17, 15) is 8.78 Å². The van der Waals surface area contributed by atoms with Crippen LogP contribution in [0.1, 0.15) is 19.8 Å². The van der Waals surface area contributed by atoms with Crippen molar-refractivity contribution in [2.24, 2.45) is 0 Å². The lowest BCUT2D eigenvalue weighted by Crippen LogP contribution is -1.99. The quantitative estimate of drug-likeness (QED) is 0.592. The first kappa shape index (κ1) is 11.4. The van der Waals surface area contributed by atoms with Crippen molar-refractivity contribution in [2.45, 2.75) is 19.8 Å². The number of halogens is 3. The van der Waals surface area contributed by atoms with Gasteiger partial charge in [-0.05, 0) is 22.4 Å². The van der Waals surface area contributed by atoms with Gasteiger partial charge in [-0.3, -0.25) is 0 Å². The minimum absolute atomic E-state index is 0.0896. The number of hydrogen-bond donors (Lipinski definition) is 0. The number of benzene rings is 1. The van der Waals surface area contributed by atoms with Crippen LogP contribution >= 0.6 is 15.9 Å². The second kappa shape index (κ2) is 5.29. The van der Waals surface area contributed by atoms with Crippen molar-refractivity contribution in [1.82, 2.24) is 0 Å². The maximum atomic E-state index is 13.1. The van der Waals surface area contributed by atoms with Crippen LogP contribution in [0.25, 0.3) is 0 Å². The summed E-state index contributed by atoms with van der Waals surface area (Å²) in [5, 5.41) is 0. The predicted octanol–water partition coefficient (Wildman–Crippen LogP) is 3.91. The third kappa shape index (κ3) is 2.94. The Morgan fingerprint density at radius 1 is 1.29 bits per heavy atom. The van der Waals surface area contributed by atoms with Crippen LogP contribution in [0.15, 0.2) is 16.6 Å². The fourth-order valence-electron chi connectivity index (χ4n) is 0.941. The third-order valence-electron chi connectivity index (χ3n) is 1.73. The molecule has 0 amide bonds. The molecule has 0 aliphatic rings. The van der Waals surface area contributed by atoms with Gasteiger partial charge in [-0.15, -0.1) is 0 Å². The molecule has 0 unspecified atom stereocenters. The Labute approximate surface area is 90.2 Å². The number of rotatable bonds is 4. The molecule has 0 saturated carbocycles. The minimum Gasteiger partial charge on any atom is -0.490 e. The van der Waals surface area contributed by atoms with E-state index < -0.39 is 11.6 Å². The topological polar surface area (TPSA) is 9.23 Å². The van der Waals surface area contributed by atoms with Crippen molar-refractivity contribution in [3.8, 4) is 5.75 Å². The third-order valence-corrected chi connectivity index (χ3v) is 2.34. The number of ether oxygens (including phenoxy) is 1. The van der Waals surface area contributed by atoms with Crippen LogP contribution in [0.3, 0.4) is 0 Å². The molecule has 1 aromatic rings. The second-order valence-corrected chi connectivity index (χ2v) is 3.75. The molecule has 0 atom stereocenters. The molecule has 0 aliphatic carbocycles. The highest BCUT2D eigenvalue weighted by molar-refractivity contribution is 9.10. The van der Waals surface area contributed by atoms with Gasteiger partial charge in [0.1, 0.15) is 5.82 Å². The summed E-state index contributed by atoms with van der Waals surface area (Å²) in [5.74, 6) is -1.20. The molecule has 78 valence electrons. The highest BCUT2D eigenvalue weighted by Gasteiger charge is 2.08. The SMILES string of the molecule is CCCCOc1cc(Br)c(F)cc1F. The van der Waals surface area contributed by atoms with E-state index in [0.717, 1.165) is 18.9 Å². The molecule has 0 spiro atoms. The van der Waals surface area contributed by atoms with Crippen LogP contribution in [-0.2, 0) is 0 Å².